The molecule has 0 spiro atoms. The maximum absolute atomic E-state index is 13.5. The van der Waals surface area contributed by atoms with Gasteiger partial charge in [0.25, 0.3) is 5.91 Å². The first-order valence-electron chi connectivity index (χ1n) is 10.5. The fraction of sp³-hybridized carbons (Fsp3) is 0.292. The summed E-state index contributed by atoms with van der Waals surface area (Å²) in [7, 11) is 5.33. The molecule has 1 aliphatic heterocycles. The van der Waals surface area contributed by atoms with Gasteiger partial charge in [-0.25, -0.2) is 4.99 Å². The molecule has 0 fully saturated rings. The minimum Gasteiger partial charge on any atom is -0.378 e. The Labute approximate surface area is 217 Å². The molecule has 178 valence electrons. The Morgan fingerprint density at radius 3 is 2.59 bits per heavy atom. The van der Waals surface area contributed by atoms with E-state index in [9.17, 15) is 14.4 Å². The molecule has 0 unspecified atom stereocenters. The molecule has 34 heavy (non-hydrogen) atoms. The van der Waals surface area contributed by atoms with Crippen molar-refractivity contribution in [3.63, 3.8) is 0 Å². The quantitative estimate of drug-likeness (QED) is 0.302. The summed E-state index contributed by atoms with van der Waals surface area (Å²) in [6.45, 7) is 1.87. The number of hydrogen-bond acceptors (Lipinski definition) is 5. The van der Waals surface area contributed by atoms with Gasteiger partial charge >= 0.3 is 0 Å². The molecular formula is C24H25ClIN5O3. The third-order valence-electron chi connectivity index (χ3n) is 5.26. The van der Waals surface area contributed by atoms with E-state index in [1.54, 1.807) is 18.2 Å². The molecule has 2 aromatic rings. The molecule has 3 amide bonds. The van der Waals surface area contributed by atoms with Crippen LogP contribution in [0, 0.1) is 6.92 Å². The molecule has 1 N–H and O–H groups in total. The highest BCUT2D eigenvalue weighted by molar-refractivity contribution is 14.1. The van der Waals surface area contributed by atoms with Gasteiger partial charge in [0.15, 0.2) is 11.5 Å². The average molecular weight is 594 g/mol. The molecule has 0 saturated heterocycles. The standard InChI is InChI=1S/C24H25ClIN5O3/c1-14-11-16(30(2)3)6-8-18(14)27-22(23-29-20(32)9-10-21(33)31(23)4)24(34)28-19-12-15(13-26)5-7-17(19)25/h5-8,11-12H,9-10,13H2,1-4H3,(H,28,34)/b27-22-. The number of benzene rings is 2. The number of rotatable bonds is 6. The summed E-state index contributed by atoms with van der Waals surface area (Å²) in [6.07, 6.45) is -0.0149. The zero-order chi connectivity index (χ0) is 25.0. The Morgan fingerprint density at radius 2 is 1.94 bits per heavy atom. The second-order valence-electron chi connectivity index (χ2n) is 8.01. The van der Waals surface area contributed by atoms with E-state index in [0.717, 1.165) is 21.2 Å². The highest BCUT2D eigenvalue weighted by atomic mass is 127. The maximum Gasteiger partial charge on any atom is 0.278 e. The van der Waals surface area contributed by atoms with Crippen LogP contribution in [-0.4, -0.2) is 55.3 Å². The van der Waals surface area contributed by atoms with Gasteiger partial charge in [-0.15, -0.1) is 0 Å². The fourth-order valence-corrected chi connectivity index (χ4v) is 3.90. The molecule has 3 rings (SSSR count). The molecule has 1 aliphatic rings. The molecular weight excluding hydrogens is 569 g/mol. The van der Waals surface area contributed by atoms with Crippen LogP contribution in [0.2, 0.25) is 5.02 Å². The van der Waals surface area contributed by atoms with Crippen LogP contribution in [0.5, 0.6) is 0 Å². The maximum atomic E-state index is 13.5. The highest BCUT2D eigenvalue weighted by Crippen LogP contribution is 2.27. The van der Waals surface area contributed by atoms with Crippen molar-refractivity contribution in [3.8, 4) is 0 Å². The first kappa shape index (κ1) is 25.8. The Kier molecular flexibility index (Phi) is 8.42. The molecule has 0 bridgehead atoms. The Balaban J connectivity index is 2.12. The number of halogens is 2. The molecule has 0 atom stereocenters. The van der Waals surface area contributed by atoms with Crippen molar-refractivity contribution >= 4 is 80.5 Å². The van der Waals surface area contributed by atoms with Gasteiger partial charge in [0.2, 0.25) is 11.8 Å². The van der Waals surface area contributed by atoms with Gasteiger partial charge in [-0.05, 0) is 48.4 Å². The lowest BCUT2D eigenvalue weighted by Crippen LogP contribution is -2.42. The summed E-state index contributed by atoms with van der Waals surface area (Å²) in [4.78, 5) is 50.0. The topological polar surface area (TPSA) is 94.4 Å². The smallest absolute Gasteiger partial charge is 0.278 e. The minimum absolute atomic E-state index is 0.0112. The Hall–Kier alpha value is -2.79. The van der Waals surface area contributed by atoms with Crippen molar-refractivity contribution in [2.75, 3.05) is 31.4 Å². The zero-order valence-electron chi connectivity index (χ0n) is 19.4. The number of carbonyl (C=O) groups is 3. The Bertz CT molecular complexity index is 1210. The van der Waals surface area contributed by atoms with Crippen LogP contribution >= 0.6 is 34.2 Å². The van der Waals surface area contributed by atoms with Crippen molar-refractivity contribution in [2.45, 2.75) is 24.2 Å². The summed E-state index contributed by atoms with van der Waals surface area (Å²) >= 11 is 8.53. The van der Waals surface area contributed by atoms with E-state index < -0.39 is 11.8 Å². The van der Waals surface area contributed by atoms with Crippen LogP contribution in [0.15, 0.2) is 46.4 Å². The van der Waals surface area contributed by atoms with Crippen molar-refractivity contribution in [2.24, 2.45) is 9.98 Å². The summed E-state index contributed by atoms with van der Waals surface area (Å²) in [5.41, 5.74) is 3.53. The van der Waals surface area contributed by atoms with E-state index in [2.05, 4.69) is 37.9 Å². The molecule has 1 heterocycles. The first-order chi connectivity index (χ1) is 16.1. The first-order valence-corrected chi connectivity index (χ1v) is 12.4. The fourth-order valence-electron chi connectivity index (χ4n) is 3.26. The predicted molar refractivity (Wildman–Crippen MR) is 145 cm³/mol. The van der Waals surface area contributed by atoms with E-state index in [-0.39, 0.29) is 30.3 Å². The number of aryl methyl sites for hydroxylation is 1. The summed E-state index contributed by atoms with van der Waals surface area (Å²) in [5, 5.41) is 3.14. The van der Waals surface area contributed by atoms with Gasteiger partial charge in [-0.2, -0.15) is 4.99 Å². The monoisotopic (exact) mass is 593 g/mol. The normalized spacial score (nSPS) is 14.6. The number of hydrogen-bond donors (Lipinski definition) is 1. The second kappa shape index (κ2) is 11.1. The summed E-state index contributed by atoms with van der Waals surface area (Å²) in [6, 6.07) is 10.9. The lowest BCUT2D eigenvalue weighted by molar-refractivity contribution is -0.127. The number of amidine groups is 1. The van der Waals surface area contributed by atoms with Crippen LogP contribution in [0.1, 0.15) is 24.0 Å². The SMILES string of the molecule is Cc1cc(N(C)C)ccc1/N=C(\C(=O)Nc1cc(CI)ccc1Cl)C1=NC(=O)CCC(=O)N1C. The van der Waals surface area contributed by atoms with Gasteiger partial charge in [0.05, 0.1) is 16.4 Å². The number of nitrogens with zero attached hydrogens (tertiary/aromatic N) is 4. The number of amides is 3. The van der Waals surface area contributed by atoms with Crippen molar-refractivity contribution < 1.29 is 14.4 Å². The van der Waals surface area contributed by atoms with Crippen molar-refractivity contribution in [1.82, 2.24) is 4.90 Å². The average Bonchev–Trinajstić information content (AvgIpc) is 2.92. The molecule has 0 saturated carbocycles. The van der Waals surface area contributed by atoms with E-state index >= 15 is 0 Å². The summed E-state index contributed by atoms with van der Waals surface area (Å²) < 4.78 is 0.731. The van der Waals surface area contributed by atoms with Crippen LogP contribution in [-0.2, 0) is 18.8 Å². The van der Waals surface area contributed by atoms with Gasteiger partial charge < -0.3 is 10.2 Å². The number of carbonyl (C=O) groups excluding carboxylic acids is 3. The van der Waals surface area contributed by atoms with E-state index in [1.807, 2.05) is 44.1 Å². The molecule has 0 aromatic heterocycles. The Morgan fingerprint density at radius 1 is 1.21 bits per heavy atom. The molecule has 2 aromatic carbocycles. The van der Waals surface area contributed by atoms with Crippen molar-refractivity contribution in [1.29, 1.82) is 0 Å². The third kappa shape index (κ3) is 6.01. The zero-order valence-corrected chi connectivity index (χ0v) is 22.3. The van der Waals surface area contributed by atoms with Crippen molar-refractivity contribution in [3.05, 3.63) is 52.5 Å². The van der Waals surface area contributed by atoms with Gasteiger partial charge in [0.1, 0.15) is 0 Å². The third-order valence-corrected chi connectivity index (χ3v) is 6.47. The van der Waals surface area contributed by atoms with Crippen LogP contribution in [0.25, 0.3) is 0 Å². The number of nitrogens with one attached hydrogen (secondary N) is 1. The molecule has 8 nitrogen and oxygen atoms in total. The second-order valence-corrected chi connectivity index (χ2v) is 9.18. The van der Waals surface area contributed by atoms with E-state index in [1.165, 1.54) is 11.9 Å². The number of alkyl halides is 1. The van der Waals surface area contributed by atoms with Gasteiger partial charge in [0, 0.05) is 44.1 Å². The van der Waals surface area contributed by atoms with Crippen LogP contribution < -0.4 is 10.2 Å². The predicted octanol–water partition coefficient (Wildman–Crippen LogP) is 4.54. The number of aliphatic imine (C=N–C) groups is 2. The minimum atomic E-state index is -0.628. The van der Waals surface area contributed by atoms with E-state index in [0.29, 0.717) is 16.4 Å². The molecule has 10 heteroatoms. The summed E-state index contributed by atoms with van der Waals surface area (Å²) in [5.74, 6) is -1.54. The highest BCUT2D eigenvalue weighted by Gasteiger charge is 2.30. The number of anilines is 2. The van der Waals surface area contributed by atoms with Gasteiger partial charge in [-0.3, -0.25) is 19.3 Å². The van der Waals surface area contributed by atoms with Crippen LogP contribution in [0.3, 0.4) is 0 Å². The molecule has 0 radical (unpaired) electrons. The van der Waals surface area contributed by atoms with Gasteiger partial charge in [-0.1, -0.05) is 40.3 Å². The molecule has 0 aliphatic carbocycles. The lowest BCUT2D eigenvalue weighted by atomic mass is 10.1. The lowest BCUT2D eigenvalue weighted by Gasteiger charge is -2.19. The largest absolute Gasteiger partial charge is 0.378 e. The van der Waals surface area contributed by atoms with Crippen LogP contribution in [0.4, 0.5) is 17.1 Å². The van der Waals surface area contributed by atoms with E-state index in [4.69, 9.17) is 11.6 Å².